The Labute approximate surface area is 442 Å². The second-order valence-electron chi connectivity index (χ2n) is 18.8. The maximum Gasteiger partial charge on any atom is 0.935 e. The number of benzene rings is 7. The number of fused-ring (bicyclic) bond motifs is 8. The van der Waals surface area contributed by atoms with Crippen molar-refractivity contribution >= 4 is 76.5 Å². The van der Waals surface area contributed by atoms with Crippen molar-refractivity contribution in [3.63, 3.8) is 0 Å². The highest BCUT2D eigenvalue weighted by Crippen LogP contribution is 2.49. The standard InChI is InChI=1S/C60H42BCl2F2N3O5.CH4O/c1-67(60(71)46-26-27-52-55-45(25-22-39(33-69)54(46)55)44-18-6-7-19-51(44)73-52)40-23-20-34(21-24-40)28-53(70)72-41-31-47(62)56(48(63)32-41)57(49-29-37-14-8-12-35-10-2-4-16-42(35)58(37)66-49)50-30-38-15-9-13-36-11-3-5-17-43(36)59(38)68(50)61(64)65;1-2/h2-7,10-11,16-27,29-33H,8-9,12-15,28H2,1H3;2H,1H3/p+1. The number of ether oxygens (including phenoxy) is 2. The van der Waals surface area contributed by atoms with E-state index in [0.29, 0.717) is 73.6 Å². The Balaban J connectivity index is 0.00000298. The van der Waals surface area contributed by atoms with Crippen molar-refractivity contribution in [2.75, 3.05) is 19.1 Å². The zero-order valence-corrected chi connectivity index (χ0v) is 42.4. The number of hydrogen-bond acceptors (Lipinski definition) is 6. The number of H-pyrrole nitrogens is 1. The number of anilines is 1. The first kappa shape index (κ1) is 49.3. The first-order chi connectivity index (χ1) is 36.5. The van der Waals surface area contributed by atoms with Gasteiger partial charge in [0, 0.05) is 93.5 Å². The Morgan fingerprint density at radius 2 is 1.40 bits per heavy atom. The summed E-state index contributed by atoms with van der Waals surface area (Å²) in [4.78, 5) is 45.4. The number of halogens is 4. The van der Waals surface area contributed by atoms with Crippen LogP contribution >= 0.6 is 23.2 Å². The van der Waals surface area contributed by atoms with E-state index in [1.165, 1.54) is 22.6 Å². The molecule has 0 unspecified atom stereocenters. The van der Waals surface area contributed by atoms with Gasteiger partial charge in [0.25, 0.3) is 5.91 Å². The van der Waals surface area contributed by atoms with Crippen LogP contribution < -0.4 is 14.4 Å². The Bertz CT molecular complexity index is 3750. The third kappa shape index (κ3) is 8.86. The highest BCUT2D eigenvalue weighted by Gasteiger charge is 2.48. The van der Waals surface area contributed by atoms with Crippen molar-refractivity contribution in [3.8, 4) is 39.6 Å². The van der Waals surface area contributed by atoms with Crippen molar-refractivity contribution in [2.24, 2.45) is 0 Å². The van der Waals surface area contributed by atoms with Gasteiger partial charge in [0.2, 0.25) is 0 Å². The van der Waals surface area contributed by atoms with Gasteiger partial charge < -0.3 is 24.5 Å². The third-order valence-corrected chi connectivity index (χ3v) is 15.1. The molecule has 2 aliphatic carbocycles. The van der Waals surface area contributed by atoms with Crippen LogP contribution in [0.3, 0.4) is 0 Å². The van der Waals surface area contributed by atoms with Crippen LogP contribution in [0, 0.1) is 0 Å². The van der Waals surface area contributed by atoms with Gasteiger partial charge in [0.05, 0.1) is 27.7 Å². The summed E-state index contributed by atoms with van der Waals surface area (Å²) in [6, 6.07) is 42.6. The zero-order chi connectivity index (χ0) is 52.1. The largest absolute Gasteiger partial charge is 0.935 e. The highest BCUT2D eigenvalue weighted by atomic mass is 35.5. The number of aliphatic hydroxyl groups excluding tert-OH is 1. The lowest BCUT2D eigenvalue weighted by molar-refractivity contribution is -0.340. The maximum absolute atomic E-state index is 15.8. The SMILES string of the molecule is CN(C(=O)c1ccc2c3c(ccc(C=O)c13)-c1ccccc1O2)c1ccc(CC(=O)Oc2cc(Cl)c(/C(=C3\C=C4CCCc5ccccc5C4=[N+]3B(F)F)c3cc4c([nH]3)-c3ccccc3CCC4)c(Cl)c2)cc1.CO. The first-order valence-electron chi connectivity index (χ1n) is 24.7. The number of aromatic nitrogens is 1. The molecule has 2 N–H and O–H groups in total. The summed E-state index contributed by atoms with van der Waals surface area (Å²) >= 11 is 14.4. The monoisotopic (exact) mass is 1040 g/mol. The minimum atomic E-state index is -2.91. The number of rotatable bonds is 9. The quantitative estimate of drug-likeness (QED) is 0.0645. The van der Waals surface area contributed by atoms with Gasteiger partial charge in [-0.15, -0.1) is 0 Å². The number of para-hydroxylation sites is 1. The van der Waals surface area contributed by atoms with E-state index in [9.17, 15) is 14.4 Å². The second-order valence-corrected chi connectivity index (χ2v) is 19.6. The number of carbonyl (C=O) groups excluding carboxylic acids is 3. The van der Waals surface area contributed by atoms with Gasteiger partial charge >= 0.3 is 13.4 Å². The normalized spacial score (nSPS) is 14.5. The molecular formula is C61H47BCl2F2N3O6+. The molecule has 0 saturated heterocycles. The fourth-order valence-electron chi connectivity index (χ4n) is 11.1. The molecule has 0 saturated carbocycles. The topological polar surface area (TPSA) is 112 Å². The predicted octanol–water partition coefficient (Wildman–Crippen LogP) is 13.7. The van der Waals surface area contributed by atoms with Crippen LogP contribution in [0.4, 0.5) is 14.3 Å². The van der Waals surface area contributed by atoms with E-state index in [2.05, 4.69) is 17.1 Å². The molecular weight excluding hydrogens is 990 g/mol. The Morgan fingerprint density at radius 3 is 2.12 bits per heavy atom. The predicted molar refractivity (Wildman–Crippen MR) is 292 cm³/mol. The van der Waals surface area contributed by atoms with Crippen molar-refractivity contribution in [1.29, 1.82) is 0 Å². The van der Waals surface area contributed by atoms with E-state index in [1.54, 1.807) is 49.5 Å². The summed E-state index contributed by atoms with van der Waals surface area (Å²) in [7, 11) is -0.255. The Morgan fingerprint density at radius 1 is 0.747 bits per heavy atom. The molecule has 8 aromatic rings. The lowest BCUT2D eigenvalue weighted by Gasteiger charge is -2.24. The fourth-order valence-corrected chi connectivity index (χ4v) is 11.8. The third-order valence-electron chi connectivity index (χ3n) is 14.5. The average molecular weight is 1040 g/mol. The number of aliphatic hydroxyl groups is 1. The molecule has 1 aromatic heterocycles. The molecule has 0 fully saturated rings. The van der Waals surface area contributed by atoms with E-state index < -0.39 is 13.4 Å². The molecule has 7 aromatic carbocycles. The minimum Gasteiger partial charge on any atom is -0.456 e. The molecule has 1 amide bonds. The van der Waals surface area contributed by atoms with E-state index >= 15 is 8.63 Å². The van der Waals surface area contributed by atoms with Gasteiger partial charge in [-0.05, 0) is 109 Å². The van der Waals surface area contributed by atoms with Crippen molar-refractivity contribution in [3.05, 3.63) is 217 Å². The summed E-state index contributed by atoms with van der Waals surface area (Å²) in [6.07, 6.45) is 7.26. The first-order valence-corrected chi connectivity index (χ1v) is 25.4. The van der Waals surface area contributed by atoms with E-state index in [4.69, 9.17) is 37.8 Å². The molecule has 4 aliphatic rings. The molecule has 372 valence electrons. The highest BCUT2D eigenvalue weighted by molar-refractivity contribution is 6.39. The molecule has 12 rings (SSSR count). The second kappa shape index (κ2) is 20.4. The van der Waals surface area contributed by atoms with Crippen LogP contribution in [0.2, 0.25) is 10.0 Å². The number of aldehydes is 1. The number of aromatic amines is 1. The summed E-state index contributed by atoms with van der Waals surface area (Å²) < 4.78 is 44.9. The Hall–Kier alpha value is -7.90. The molecule has 0 atom stereocenters. The molecule has 2 aliphatic heterocycles. The minimum absolute atomic E-state index is 0.0832. The summed E-state index contributed by atoms with van der Waals surface area (Å²) in [5, 5.41) is 8.41. The van der Waals surface area contributed by atoms with Gasteiger partial charge in [-0.25, -0.2) is 13.1 Å². The fraction of sp³-hybridized carbons (Fsp3) is 0.148. The van der Waals surface area contributed by atoms with Gasteiger partial charge in [0.15, 0.2) is 17.7 Å². The average Bonchev–Trinajstić information content (AvgIpc) is 3.91. The molecule has 75 heavy (non-hydrogen) atoms. The van der Waals surface area contributed by atoms with Crippen LogP contribution in [0.5, 0.6) is 17.2 Å². The molecule has 0 spiro atoms. The summed E-state index contributed by atoms with van der Waals surface area (Å²) in [6.45, 7) is 0. The molecule has 0 radical (unpaired) electrons. The Kier molecular flexibility index (Phi) is 13.4. The van der Waals surface area contributed by atoms with Crippen LogP contribution in [-0.4, -0.2) is 60.0 Å². The lowest BCUT2D eigenvalue weighted by atomic mass is 9.89. The van der Waals surface area contributed by atoms with Crippen LogP contribution in [0.1, 0.15) is 79.1 Å². The lowest BCUT2D eigenvalue weighted by Crippen LogP contribution is -2.27. The number of carbonyl (C=O) groups is 3. The van der Waals surface area contributed by atoms with E-state index in [0.717, 1.165) is 94.6 Å². The van der Waals surface area contributed by atoms with Crippen LogP contribution in [0.25, 0.3) is 38.7 Å². The smallest absolute Gasteiger partial charge is 0.456 e. The number of allylic oxidation sites excluding steroid dienone is 2. The maximum atomic E-state index is 15.8. The van der Waals surface area contributed by atoms with Crippen LogP contribution in [-0.2, 0) is 30.5 Å². The molecule has 0 bridgehead atoms. The van der Waals surface area contributed by atoms with E-state index in [-0.39, 0.29) is 33.8 Å². The zero-order valence-electron chi connectivity index (χ0n) is 40.9. The number of esters is 1. The molecule has 3 heterocycles. The summed E-state index contributed by atoms with van der Waals surface area (Å²) in [5.74, 6) is 0.396. The number of nitrogens with zero attached hydrogens (tertiary/aromatic N) is 2. The van der Waals surface area contributed by atoms with Gasteiger partial charge in [-0.3, -0.25) is 14.4 Å². The van der Waals surface area contributed by atoms with Gasteiger partial charge in [-0.1, -0.05) is 108 Å². The van der Waals surface area contributed by atoms with Gasteiger partial charge in [-0.2, -0.15) is 0 Å². The molecule has 14 heteroatoms. The van der Waals surface area contributed by atoms with E-state index in [1.807, 2.05) is 78.9 Å². The van der Waals surface area contributed by atoms with Crippen molar-refractivity contribution in [1.82, 2.24) is 4.98 Å². The summed E-state index contributed by atoms with van der Waals surface area (Å²) in [5.41, 5.74) is 12.5. The van der Waals surface area contributed by atoms with Gasteiger partial charge in [0.1, 0.15) is 17.2 Å². The molecule has 9 nitrogen and oxygen atoms in total. The number of aryl methyl sites for hydroxylation is 3. The number of amides is 1. The number of hydrogen-bond donors (Lipinski definition) is 2. The van der Waals surface area contributed by atoms with Crippen LogP contribution in [0.15, 0.2) is 157 Å². The number of nitrogens with one attached hydrogen (secondary N) is 1. The van der Waals surface area contributed by atoms with Crippen molar-refractivity contribution < 1.29 is 42.1 Å². The van der Waals surface area contributed by atoms with Crippen molar-refractivity contribution in [2.45, 2.75) is 44.9 Å².